The molecule has 0 radical (unpaired) electrons. The van der Waals surface area contributed by atoms with Crippen molar-refractivity contribution in [2.45, 2.75) is 13.0 Å². The monoisotopic (exact) mass is 264 g/mol. The Labute approximate surface area is 110 Å². The zero-order valence-corrected chi connectivity index (χ0v) is 11.5. The number of rotatable bonds is 4. The van der Waals surface area contributed by atoms with Crippen molar-refractivity contribution in [1.29, 1.82) is 0 Å². The van der Waals surface area contributed by atoms with E-state index < -0.39 is 0 Å². The maximum absolute atomic E-state index is 6.21. The summed E-state index contributed by atoms with van der Waals surface area (Å²) in [6.07, 6.45) is 1.83. The Balaban J connectivity index is 2.37. The van der Waals surface area contributed by atoms with Crippen LogP contribution >= 0.6 is 11.3 Å². The first kappa shape index (κ1) is 12.9. The molecule has 1 unspecified atom stereocenters. The van der Waals surface area contributed by atoms with Crippen molar-refractivity contribution < 1.29 is 9.47 Å². The second-order valence-corrected chi connectivity index (χ2v) is 5.20. The molecule has 0 aliphatic heterocycles. The largest absolute Gasteiger partial charge is 0.497 e. The average Bonchev–Trinajstić information content (AvgIpc) is 2.83. The van der Waals surface area contributed by atoms with E-state index >= 15 is 0 Å². The molecule has 18 heavy (non-hydrogen) atoms. The van der Waals surface area contributed by atoms with Gasteiger partial charge >= 0.3 is 0 Å². The first-order valence-electron chi connectivity index (χ1n) is 5.55. The van der Waals surface area contributed by atoms with Gasteiger partial charge in [0.2, 0.25) is 0 Å². The van der Waals surface area contributed by atoms with Gasteiger partial charge in [0.25, 0.3) is 0 Å². The van der Waals surface area contributed by atoms with Gasteiger partial charge in [0.1, 0.15) is 16.5 Å². The van der Waals surface area contributed by atoms with Crippen LogP contribution in [0.5, 0.6) is 11.5 Å². The molecule has 0 bridgehead atoms. The molecule has 1 heterocycles. The first-order valence-corrected chi connectivity index (χ1v) is 6.36. The Morgan fingerprint density at radius 2 is 1.78 bits per heavy atom. The van der Waals surface area contributed by atoms with Crippen LogP contribution < -0.4 is 15.2 Å². The molecule has 1 atom stereocenters. The lowest BCUT2D eigenvalue weighted by Crippen LogP contribution is -2.11. The highest BCUT2D eigenvalue weighted by Gasteiger charge is 2.14. The van der Waals surface area contributed by atoms with Crippen molar-refractivity contribution in [2.75, 3.05) is 14.2 Å². The highest BCUT2D eigenvalue weighted by molar-refractivity contribution is 7.11. The molecular formula is C13H16N2O2S. The van der Waals surface area contributed by atoms with Crippen LogP contribution in [0.3, 0.4) is 0 Å². The van der Waals surface area contributed by atoms with Crippen LogP contribution in [0.15, 0.2) is 24.4 Å². The lowest BCUT2D eigenvalue weighted by atomic mass is 10.1. The van der Waals surface area contributed by atoms with E-state index in [1.165, 1.54) is 0 Å². The average molecular weight is 264 g/mol. The minimum atomic E-state index is -0.257. The smallest absolute Gasteiger partial charge is 0.122 e. The van der Waals surface area contributed by atoms with Gasteiger partial charge in [-0.2, -0.15) is 0 Å². The molecule has 0 fully saturated rings. The SMILES string of the molecule is COc1cc(OC)cc(C(N)c2ncc(C)s2)c1. The van der Waals surface area contributed by atoms with Crippen molar-refractivity contribution in [3.05, 3.63) is 39.8 Å². The maximum Gasteiger partial charge on any atom is 0.122 e. The van der Waals surface area contributed by atoms with E-state index in [4.69, 9.17) is 15.2 Å². The number of hydrogen-bond acceptors (Lipinski definition) is 5. The summed E-state index contributed by atoms with van der Waals surface area (Å²) in [5, 5.41) is 0.891. The number of nitrogens with zero attached hydrogens (tertiary/aromatic N) is 1. The van der Waals surface area contributed by atoms with Crippen LogP contribution in [-0.4, -0.2) is 19.2 Å². The molecule has 0 aliphatic carbocycles. The number of thiazole rings is 1. The van der Waals surface area contributed by atoms with E-state index in [2.05, 4.69) is 4.98 Å². The van der Waals surface area contributed by atoms with Crippen molar-refractivity contribution in [3.63, 3.8) is 0 Å². The highest BCUT2D eigenvalue weighted by atomic mass is 32.1. The zero-order valence-electron chi connectivity index (χ0n) is 10.6. The summed E-state index contributed by atoms with van der Waals surface area (Å²) in [7, 11) is 3.25. The fourth-order valence-electron chi connectivity index (χ4n) is 1.67. The highest BCUT2D eigenvalue weighted by Crippen LogP contribution is 2.30. The van der Waals surface area contributed by atoms with Crippen LogP contribution in [0.25, 0.3) is 0 Å². The topological polar surface area (TPSA) is 57.4 Å². The van der Waals surface area contributed by atoms with E-state index in [1.807, 2.05) is 31.3 Å². The molecule has 0 amide bonds. The quantitative estimate of drug-likeness (QED) is 0.922. The Morgan fingerprint density at radius 1 is 1.17 bits per heavy atom. The van der Waals surface area contributed by atoms with E-state index in [9.17, 15) is 0 Å². The molecule has 1 aromatic carbocycles. The van der Waals surface area contributed by atoms with Crippen molar-refractivity contribution in [1.82, 2.24) is 4.98 Å². The minimum Gasteiger partial charge on any atom is -0.497 e. The van der Waals surface area contributed by atoms with Gasteiger partial charge in [-0.1, -0.05) is 0 Å². The number of aryl methyl sites for hydroxylation is 1. The van der Waals surface area contributed by atoms with Crippen LogP contribution in [0, 0.1) is 6.92 Å². The predicted molar refractivity (Wildman–Crippen MR) is 72.4 cm³/mol. The van der Waals surface area contributed by atoms with Gasteiger partial charge in [-0.25, -0.2) is 4.98 Å². The third-order valence-electron chi connectivity index (χ3n) is 2.64. The van der Waals surface area contributed by atoms with Gasteiger partial charge in [0.05, 0.1) is 20.3 Å². The summed E-state index contributed by atoms with van der Waals surface area (Å²) in [6, 6.07) is 5.38. The summed E-state index contributed by atoms with van der Waals surface area (Å²) in [5.74, 6) is 1.46. The minimum absolute atomic E-state index is 0.257. The molecule has 96 valence electrons. The van der Waals surface area contributed by atoms with Gasteiger partial charge in [0, 0.05) is 17.1 Å². The lowest BCUT2D eigenvalue weighted by Gasteiger charge is -2.12. The number of methoxy groups -OCH3 is 2. The Morgan fingerprint density at radius 3 is 2.22 bits per heavy atom. The molecule has 0 saturated carbocycles. The maximum atomic E-state index is 6.21. The summed E-state index contributed by atoms with van der Waals surface area (Å²) in [5.41, 5.74) is 7.14. The first-order chi connectivity index (χ1) is 8.63. The Kier molecular flexibility index (Phi) is 3.84. The van der Waals surface area contributed by atoms with Crippen molar-refractivity contribution in [3.8, 4) is 11.5 Å². The third kappa shape index (κ3) is 2.63. The van der Waals surface area contributed by atoms with E-state index in [-0.39, 0.29) is 6.04 Å². The van der Waals surface area contributed by atoms with Gasteiger partial charge in [-0.05, 0) is 24.6 Å². The number of benzene rings is 1. The second-order valence-electron chi connectivity index (χ2n) is 3.93. The number of aromatic nitrogens is 1. The molecule has 2 aromatic rings. The standard InChI is InChI=1S/C13H16N2O2S/c1-8-7-15-13(18-8)12(14)9-4-10(16-2)6-11(5-9)17-3/h4-7,12H,14H2,1-3H3. The van der Waals surface area contributed by atoms with Crippen molar-refractivity contribution >= 4 is 11.3 Å². The zero-order chi connectivity index (χ0) is 13.1. The molecular weight excluding hydrogens is 248 g/mol. The number of ether oxygens (including phenoxy) is 2. The molecule has 2 N–H and O–H groups in total. The van der Waals surface area contributed by atoms with E-state index in [0.29, 0.717) is 0 Å². The van der Waals surface area contributed by atoms with E-state index in [0.717, 1.165) is 26.9 Å². The van der Waals surface area contributed by atoms with Crippen molar-refractivity contribution in [2.24, 2.45) is 5.73 Å². The fourth-order valence-corrected chi connectivity index (χ4v) is 2.47. The summed E-state index contributed by atoms with van der Waals surface area (Å²) in [6.45, 7) is 2.01. The van der Waals surface area contributed by atoms with E-state index in [1.54, 1.807) is 25.6 Å². The molecule has 0 aliphatic rings. The van der Waals surface area contributed by atoms with Crippen LogP contribution in [0.2, 0.25) is 0 Å². The summed E-state index contributed by atoms with van der Waals surface area (Å²) >= 11 is 1.60. The molecule has 2 rings (SSSR count). The van der Waals surface area contributed by atoms with Gasteiger partial charge in [-0.15, -0.1) is 11.3 Å². The van der Waals surface area contributed by atoms with Gasteiger partial charge in [0.15, 0.2) is 0 Å². The third-order valence-corrected chi connectivity index (χ3v) is 3.63. The second kappa shape index (κ2) is 5.37. The van der Waals surface area contributed by atoms with Crippen LogP contribution in [0.4, 0.5) is 0 Å². The summed E-state index contributed by atoms with van der Waals surface area (Å²) < 4.78 is 10.5. The lowest BCUT2D eigenvalue weighted by molar-refractivity contribution is 0.393. The Hall–Kier alpha value is -1.59. The normalized spacial score (nSPS) is 12.2. The molecule has 4 nitrogen and oxygen atoms in total. The van der Waals surface area contributed by atoms with Gasteiger partial charge in [-0.3, -0.25) is 0 Å². The Bertz CT molecular complexity index is 517. The summed E-state index contributed by atoms with van der Waals surface area (Å²) in [4.78, 5) is 5.46. The van der Waals surface area contributed by atoms with Crippen LogP contribution in [0.1, 0.15) is 21.5 Å². The molecule has 1 aromatic heterocycles. The number of hydrogen-bond donors (Lipinski definition) is 1. The molecule has 5 heteroatoms. The van der Waals surface area contributed by atoms with Crippen LogP contribution in [-0.2, 0) is 0 Å². The van der Waals surface area contributed by atoms with Gasteiger partial charge < -0.3 is 15.2 Å². The molecule has 0 spiro atoms. The predicted octanol–water partition coefficient (Wildman–Crippen LogP) is 2.52. The number of nitrogens with two attached hydrogens (primary N) is 1. The molecule has 0 saturated heterocycles. The fraction of sp³-hybridized carbons (Fsp3) is 0.308.